The number of carboxylic acids is 1. The van der Waals surface area contributed by atoms with Gasteiger partial charge in [0, 0.05) is 19.2 Å². The number of aromatic carboxylic acids is 1. The third kappa shape index (κ3) is 2.91. The van der Waals surface area contributed by atoms with Crippen molar-refractivity contribution in [1.82, 2.24) is 0 Å². The molecule has 20 heavy (non-hydrogen) atoms. The summed E-state index contributed by atoms with van der Waals surface area (Å²) in [6.07, 6.45) is 0. The van der Waals surface area contributed by atoms with Gasteiger partial charge in [-0.1, -0.05) is 35.9 Å². The summed E-state index contributed by atoms with van der Waals surface area (Å²) in [7, 11) is 1.68. The van der Waals surface area contributed by atoms with E-state index in [-0.39, 0.29) is 17.9 Å². The fraction of sp³-hybridized carbons (Fsp3) is 0.133. The molecule has 0 atom stereocenters. The Morgan fingerprint density at radius 1 is 1.25 bits per heavy atom. The first-order chi connectivity index (χ1) is 9.50. The minimum Gasteiger partial charge on any atom is -0.478 e. The number of carbonyl (C=O) groups is 1. The third-order valence-corrected chi connectivity index (χ3v) is 3.27. The number of halogens is 2. The summed E-state index contributed by atoms with van der Waals surface area (Å²) in [5.41, 5.74) is 0.951. The van der Waals surface area contributed by atoms with E-state index in [0.29, 0.717) is 16.3 Å². The first-order valence-corrected chi connectivity index (χ1v) is 6.35. The molecule has 0 saturated heterocycles. The van der Waals surface area contributed by atoms with Crippen LogP contribution in [0.3, 0.4) is 0 Å². The molecule has 0 saturated carbocycles. The molecule has 0 unspecified atom stereocenters. The predicted octanol–water partition coefficient (Wildman–Crippen LogP) is 3.81. The molecule has 0 heterocycles. The molecule has 0 bridgehead atoms. The Morgan fingerprint density at radius 2 is 1.95 bits per heavy atom. The van der Waals surface area contributed by atoms with E-state index >= 15 is 0 Å². The fourth-order valence-electron chi connectivity index (χ4n) is 2.04. The Morgan fingerprint density at radius 3 is 2.60 bits per heavy atom. The van der Waals surface area contributed by atoms with Crippen LogP contribution in [0.15, 0.2) is 42.5 Å². The van der Waals surface area contributed by atoms with E-state index in [1.165, 1.54) is 12.1 Å². The van der Waals surface area contributed by atoms with Crippen molar-refractivity contribution < 1.29 is 14.3 Å². The number of hydrogen-bond donors (Lipinski definition) is 1. The summed E-state index contributed by atoms with van der Waals surface area (Å²) in [5.74, 6) is -1.40. The van der Waals surface area contributed by atoms with E-state index in [9.17, 15) is 14.3 Å². The van der Waals surface area contributed by atoms with Crippen LogP contribution in [0.1, 0.15) is 15.9 Å². The molecular formula is C15H13ClFNO2. The average molecular weight is 294 g/mol. The van der Waals surface area contributed by atoms with Gasteiger partial charge < -0.3 is 10.0 Å². The molecule has 2 rings (SSSR count). The van der Waals surface area contributed by atoms with E-state index in [0.717, 1.165) is 0 Å². The van der Waals surface area contributed by atoms with Gasteiger partial charge in [-0.3, -0.25) is 0 Å². The second-order valence-electron chi connectivity index (χ2n) is 4.39. The zero-order valence-corrected chi connectivity index (χ0v) is 11.6. The Balaban J connectivity index is 2.37. The summed E-state index contributed by atoms with van der Waals surface area (Å²) < 4.78 is 13.6. The molecule has 0 aromatic heterocycles. The summed E-state index contributed by atoms with van der Waals surface area (Å²) >= 11 is 6.08. The van der Waals surface area contributed by atoms with Gasteiger partial charge in [0.2, 0.25) is 0 Å². The quantitative estimate of drug-likeness (QED) is 0.932. The summed E-state index contributed by atoms with van der Waals surface area (Å²) in [6, 6.07) is 11.0. The van der Waals surface area contributed by atoms with Gasteiger partial charge in [-0.05, 0) is 18.2 Å². The Bertz CT molecular complexity index is 646. The molecule has 0 fully saturated rings. The second kappa shape index (κ2) is 5.92. The van der Waals surface area contributed by atoms with Crippen LogP contribution >= 0.6 is 11.6 Å². The topological polar surface area (TPSA) is 40.5 Å². The Kier molecular flexibility index (Phi) is 4.25. The number of para-hydroxylation sites is 1. The van der Waals surface area contributed by atoms with Crippen molar-refractivity contribution in [3.05, 3.63) is 64.4 Å². The first kappa shape index (κ1) is 14.3. The van der Waals surface area contributed by atoms with Crippen molar-refractivity contribution in [2.24, 2.45) is 0 Å². The van der Waals surface area contributed by atoms with Crippen LogP contribution in [0.4, 0.5) is 10.1 Å². The number of benzene rings is 2. The second-order valence-corrected chi connectivity index (χ2v) is 4.80. The SMILES string of the molecule is CN(Cc1ccccc1F)c1c(Cl)cccc1C(=O)O. The maximum absolute atomic E-state index is 13.6. The van der Waals surface area contributed by atoms with E-state index in [1.807, 2.05) is 0 Å². The normalized spacial score (nSPS) is 10.3. The largest absolute Gasteiger partial charge is 0.478 e. The van der Waals surface area contributed by atoms with Crippen LogP contribution in [0, 0.1) is 5.82 Å². The van der Waals surface area contributed by atoms with Crippen molar-refractivity contribution >= 4 is 23.3 Å². The summed E-state index contributed by atoms with van der Waals surface area (Å²) in [6.45, 7) is 0.233. The molecule has 104 valence electrons. The smallest absolute Gasteiger partial charge is 0.337 e. The zero-order chi connectivity index (χ0) is 14.7. The summed E-state index contributed by atoms with van der Waals surface area (Å²) in [5, 5.41) is 9.52. The van der Waals surface area contributed by atoms with Crippen molar-refractivity contribution in [3.8, 4) is 0 Å². The summed E-state index contributed by atoms with van der Waals surface area (Å²) in [4.78, 5) is 12.9. The lowest BCUT2D eigenvalue weighted by molar-refractivity contribution is 0.0697. The molecule has 0 aliphatic heterocycles. The van der Waals surface area contributed by atoms with Crippen LogP contribution in [0.2, 0.25) is 5.02 Å². The van der Waals surface area contributed by atoms with Gasteiger partial charge >= 0.3 is 5.97 Å². The van der Waals surface area contributed by atoms with Gasteiger partial charge in [0.1, 0.15) is 5.82 Å². The van der Waals surface area contributed by atoms with Gasteiger partial charge in [-0.25, -0.2) is 9.18 Å². The number of rotatable bonds is 4. The monoisotopic (exact) mass is 293 g/mol. The molecule has 3 nitrogen and oxygen atoms in total. The van der Waals surface area contributed by atoms with Crippen molar-refractivity contribution in [1.29, 1.82) is 0 Å². The van der Waals surface area contributed by atoms with E-state index < -0.39 is 5.97 Å². The molecule has 0 spiro atoms. The number of hydrogen-bond acceptors (Lipinski definition) is 2. The van der Waals surface area contributed by atoms with Gasteiger partial charge in [-0.2, -0.15) is 0 Å². The van der Waals surface area contributed by atoms with E-state index in [1.54, 1.807) is 42.3 Å². The Labute approximate surface area is 121 Å². The molecule has 0 amide bonds. The van der Waals surface area contributed by atoms with Gasteiger partial charge in [0.05, 0.1) is 16.3 Å². The molecule has 0 aliphatic rings. The van der Waals surface area contributed by atoms with Gasteiger partial charge in [-0.15, -0.1) is 0 Å². The lowest BCUT2D eigenvalue weighted by atomic mass is 10.1. The van der Waals surface area contributed by atoms with E-state index in [2.05, 4.69) is 0 Å². The lowest BCUT2D eigenvalue weighted by Gasteiger charge is -2.22. The average Bonchev–Trinajstić information content (AvgIpc) is 2.40. The van der Waals surface area contributed by atoms with Crippen LogP contribution in [-0.2, 0) is 6.54 Å². The van der Waals surface area contributed by atoms with Crippen molar-refractivity contribution in [2.75, 3.05) is 11.9 Å². The number of anilines is 1. The third-order valence-electron chi connectivity index (χ3n) is 2.96. The first-order valence-electron chi connectivity index (χ1n) is 5.97. The zero-order valence-electron chi connectivity index (χ0n) is 10.8. The van der Waals surface area contributed by atoms with Crippen LogP contribution < -0.4 is 4.90 Å². The predicted molar refractivity (Wildman–Crippen MR) is 76.9 cm³/mol. The highest BCUT2D eigenvalue weighted by molar-refractivity contribution is 6.34. The molecule has 5 heteroatoms. The maximum atomic E-state index is 13.6. The van der Waals surface area contributed by atoms with Crippen LogP contribution in [0.25, 0.3) is 0 Å². The maximum Gasteiger partial charge on any atom is 0.337 e. The molecule has 0 radical (unpaired) electrons. The number of nitrogens with zero attached hydrogens (tertiary/aromatic N) is 1. The van der Waals surface area contributed by atoms with E-state index in [4.69, 9.17) is 11.6 Å². The van der Waals surface area contributed by atoms with Gasteiger partial charge in [0.15, 0.2) is 0 Å². The van der Waals surface area contributed by atoms with Crippen LogP contribution in [0.5, 0.6) is 0 Å². The van der Waals surface area contributed by atoms with Crippen molar-refractivity contribution in [3.63, 3.8) is 0 Å². The fourth-order valence-corrected chi connectivity index (χ4v) is 2.36. The highest BCUT2D eigenvalue weighted by Gasteiger charge is 2.17. The highest BCUT2D eigenvalue weighted by atomic mass is 35.5. The van der Waals surface area contributed by atoms with Crippen LogP contribution in [-0.4, -0.2) is 18.1 Å². The molecule has 0 aliphatic carbocycles. The molecular weight excluding hydrogens is 281 g/mol. The highest BCUT2D eigenvalue weighted by Crippen LogP contribution is 2.30. The minimum atomic E-state index is -1.07. The lowest BCUT2D eigenvalue weighted by Crippen LogP contribution is -2.20. The van der Waals surface area contributed by atoms with Crippen molar-refractivity contribution in [2.45, 2.75) is 6.54 Å². The Hall–Kier alpha value is -2.07. The number of carboxylic acid groups (broad SMARTS) is 1. The molecule has 2 aromatic carbocycles. The molecule has 2 aromatic rings. The molecule has 1 N–H and O–H groups in total. The standard InChI is InChI=1S/C15H13ClFNO2/c1-18(9-10-5-2-3-8-13(10)17)14-11(15(19)20)6-4-7-12(14)16/h2-8H,9H2,1H3,(H,19,20). The minimum absolute atomic E-state index is 0.0938. The van der Waals surface area contributed by atoms with Gasteiger partial charge in [0.25, 0.3) is 0 Å².